The highest BCUT2D eigenvalue weighted by molar-refractivity contribution is 5.37. The fourth-order valence-corrected chi connectivity index (χ4v) is 3.08. The third-order valence-corrected chi connectivity index (χ3v) is 3.96. The van der Waals surface area contributed by atoms with E-state index >= 15 is 0 Å². The van der Waals surface area contributed by atoms with Gasteiger partial charge in [0.15, 0.2) is 0 Å². The van der Waals surface area contributed by atoms with Crippen molar-refractivity contribution in [2.45, 2.75) is 52.1 Å². The molecule has 0 unspecified atom stereocenters. The van der Waals surface area contributed by atoms with Gasteiger partial charge in [0.25, 0.3) is 0 Å². The summed E-state index contributed by atoms with van der Waals surface area (Å²) in [6.07, 6.45) is 4.94. The van der Waals surface area contributed by atoms with Crippen LogP contribution in [0.1, 0.15) is 43.4 Å². The van der Waals surface area contributed by atoms with Crippen LogP contribution in [0.5, 0.6) is 0 Å². The average molecular weight is 246 g/mol. The first kappa shape index (κ1) is 13.6. The summed E-state index contributed by atoms with van der Waals surface area (Å²) in [6, 6.07) is 7.50. The number of fused-ring (bicyclic) bond motifs is 1. The lowest BCUT2D eigenvalue weighted by Gasteiger charge is -2.27. The molecule has 2 rings (SSSR count). The van der Waals surface area contributed by atoms with Gasteiger partial charge in [0.1, 0.15) is 0 Å². The van der Waals surface area contributed by atoms with Gasteiger partial charge in [-0.25, -0.2) is 0 Å². The molecule has 1 aromatic rings. The van der Waals surface area contributed by atoms with Crippen molar-refractivity contribution in [1.82, 2.24) is 4.90 Å². The smallest absolute Gasteiger partial charge is 0.0178 e. The van der Waals surface area contributed by atoms with Crippen molar-refractivity contribution in [3.8, 4) is 0 Å². The first-order valence-electron chi connectivity index (χ1n) is 7.33. The van der Waals surface area contributed by atoms with Crippen molar-refractivity contribution in [2.75, 3.05) is 13.1 Å². The Bertz CT molecular complexity index is 381. The molecule has 0 heterocycles. The topological polar surface area (TPSA) is 29.3 Å². The van der Waals surface area contributed by atoms with Gasteiger partial charge in [-0.05, 0) is 55.5 Å². The first-order valence-corrected chi connectivity index (χ1v) is 7.33. The van der Waals surface area contributed by atoms with Crippen molar-refractivity contribution in [2.24, 2.45) is 5.73 Å². The molecule has 0 bridgehead atoms. The molecular formula is C16H26N2. The summed E-state index contributed by atoms with van der Waals surface area (Å²) in [6.45, 7) is 7.67. The highest BCUT2D eigenvalue weighted by Gasteiger charge is 2.25. The van der Waals surface area contributed by atoms with Gasteiger partial charge < -0.3 is 5.73 Å². The summed E-state index contributed by atoms with van der Waals surface area (Å²) < 4.78 is 0. The van der Waals surface area contributed by atoms with E-state index in [0.29, 0.717) is 12.6 Å². The first-order chi connectivity index (χ1) is 8.78. The molecule has 0 saturated carbocycles. The minimum Gasteiger partial charge on any atom is -0.326 e. The normalized spacial score (nSPS) is 18.3. The van der Waals surface area contributed by atoms with Gasteiger partial charge in [-0.15, -0.1) is 0 Å². The molecule has 0 radical (unpaired) electrons. The molecule has 1 aliphatic carbocycles. The van der Waals surface area contributed by atoms with E-state index in [-0.39, 0.29) is 0 Å². The van der Waals surface area contributed by atoms with Gasteiger partial charge >= 0.3 is 0 Å². The largest absolute Gasteiger partial charge is 0.326 e. The van der Waals surface area contributed by atoms with Crippen LogP contribution in [0.25, 0.3) is 0 Å². The second kappa shape index (κ2) is 6.35. The number of hydrogen-bond acceptors (Lipinski definition) is 2. The Morgan fingerprint density at radius 3 is 2.39 bits per heavy atom. The van der Waals surface area contributed by atoms with E-state index in [1.54, 1.807) is 0 Å². The van der Waals surface area contributed by atoms with Crippen molar-refractivity contribution in [1.29, 1.82) is 0 Å². The SMILES string of the molecule is CCCN(CCC)[C@H]1Cc2ccc(CN)cc2C1. The van der Waals surface area contributed by atoms with Crippen molar-refractivity contribution in [3.63, 3.8) is 0 Å². The van der Waals surface area contributed by atoms with E-state index in [9.17, 15) is 0 Å². The van der Waals surface area contributed by atoms with E-state index in [0.717, 1.165) is 0 Å². The van der Waals surface area contributed by atoms with Crippen LogP contribution in [0, 0.1) is 0 Å². The molecule has 0 saturated heterocycles. The third kappa shape index (κ3) is 2.93. The summed E-state index contributed by atoms with van der Waals surface area (Å²) in [7, 11) is 0. The van der Waals surface area contributed by atoms with E-state index < -0.39 is 0 Å². The Balaban J connectivity index is 2.07. The molecule has 2 nitrogen and oxygen atoms in total. The Morgan fingerprint density at radius 2 is 1.78 bits per heavy atom. The molecule has 2 heteroatoms. The zero-order valence-corrected chi connectivity index (χ0v) is 11.8. The molecule has 1 atom stereocenters. The quantitative estimate of drug-likeness (QED) is 0.836. The van der Waals surface area contributed by atoms with Gasteiger partial charge in [-0.3, -0.25) is 4.90 Å². The summed E-state index contributed by atoms with van der Waals surface area (Å²) in [5.74, 6) is 0. The predicted octanol–water partition coefficient (Wildman–Crippen LogP) is 2.73. The van der Waals surface area contributed by atoms with Gasteiger partial charge in [0.05, 0.1) is 0 Å². The molecule has 0 fully saturated rings. The number of benzene rings is 1. The van der Waals surface area contributed by atoms with E-state index in [1.165, 1.54) is 55.5 Å². The Hall–Kier alpha value is -0.860. The van der Waals surface area contributed by atoms with E-state index in [1.807, 2.05) is 0 Å². The predicted molar refractivity (Wildman–Crippen MR) is 77.7 cm³/mol. The molecule has 1 aromatic carbocycles. The van der Waals surface area contributed by atoms with Crippen LogP contribution in [0.3, 0.4) is 0 Å². The van der Waals surface area contributed by atoms with Gasteiger partial charge in [-0.2, -0.15) is 0 Å². The van der Waals surface area contributed by atoms with E-state index in [2.05, 4.69) is 36.9 Å². The Morgan fingerprint density at radius 1 is 1.11 bits per heavy atom. The van der Waals surface area contributed by atoms with Crippen LogP contribution >= 0.6 is 0 Å². The number of nitrogens with two attached hydrogens (primary N) is 1. The lowest BCUT2D eigenvalue weighted by molar-refractivity contribution is 0.202. The second-order valence-electron chi connectivity index (χ2n) is 5.41. The third-order valence-electron chi connectivity index (χ3n) is 3.96. The lowest BCUT2D eigenvalue weighted by Crippen LogP contribution is -2.37. The van der Waals surface area contributed by atoms with Crippen molar-refractivity contribution >= 4 is 0 Å². The molecule has 0 aliphatic heterocycles. The van der Waals surface area contributed by atoms with Gasteiger partial charge in [-0.1, -0.05) is 32.0 Å². The Kier molecular flexibility index (Phi) is 4.79. The monoisotopic (exact) mass is 246 g/mol. The summed E-state index contributed by atoms with van der Waals surface area (Å²) in [4.78, 5) is 2.67. The summed E-state index contributed by atoms with van der Waals surface area (Å²) in [5, 5.41) is 0. The maximum absolute atomic E-state index is 5.72. The van der Waals surface area contributed by atoms with Crippen LogP contribution < -0.4 is 5.73 Å². The molecule has 18 heavy (non-hydrogen) atoms. The van der Waals surface area contributed by atoms with Crippen LogP contribution in [-0.2, 0) is 19.4 Å². The molecular weight excluding hydrogens is 220 g/mol. The Labute approximate surface area is 111 Å². The minimum absolute atomic E-state index is 0.658. The fourth-order valence-electron chi connectivity index (χ4n) is 3.08. The number of rotatable bonds is 6. The molecule has 100 valence electrons. The molecule has 0 aromatic heterocycles. The minimum atomic E-state index is 0.658. The number of hydrogen-bond donors (Lipinski definition) is 1. The molecule has 1 aliphatic rings. The van der Waals surface area contributed by atoms with Crippen LogP contribution in [0.2, 0.25) is 0 Å². The molecule has 0 amide bonds. The van der Waals surface area contributed by atoms with Crippen LogP contribution in [0.4, 0.5) is 0 Å². The summed E-state index contributed by atoms with van der Waals surface area (Å²) in [5.41, 5.74) is 10.1. The zero-order valence-electron chi connectivity index (χ0n) is 11.8. The van der Waals surface area contributed by atoms with Crippen LogP contribution in [0.15, 0.2) is 18.2 Å². The van der Waals surface area contributed by atoms with Crippen molar-refractivity contribution in [3.05, 3.63) is 34.9 Å². The lowest BCUT2D eigenvalue weighted by atomic mass is 10.1. The van der Waals surface area contributed by atoms with Crippen molar-refractivity contribution < 1.29 is 0 Å². The van der Waals surface area contributed by atoms with E-state index in [4.69, 9.17) is 5.73 Å². The highest BCUT2D eigenvalue weighted by Crippen LogP contribution is 2.26. The van der Waals surface area contributed by atoms with Gasteiger partial charge in [0, 0.05) is 12.6 Å². The molecule has 0 spiro atoms. The van der Waals surface area contributed by atoms with Gasteiger partial charge in [0.2, 0.25) is 0 Å². The molecule has 2 N–H and O–H groups in total. The zero-order chi connectivity index (χ0) is 13.0. The maximum Gasteiger partial charge on any atom is 0.0178 e. The highest BCUT2D eigenvalue weighted by atomic mass is 15.1. The average Bonchev–Trinajstić information content (AvgIpc) is 2.81. The fraction of sp³-hybridized carbons (Fsp3) is 0.625. The summed E-state index contributed by atoms with van der Waals surface area (Å²) >= 11 is 0. The maximum atomic E-state index is 5.72. The second-order valence-corrected chi connectivity index (χ2v) is 5.41. The standard InChI is InChI=1S/C16H26N2/c1-3-7-18(8-4-2)16-10-14-6-5-13(12-17)9-15(14)11-16/h5-6,9,16H,3-4,7-8,10-12,17H2,1-2H3/t16-/m0/s1. The van der Waals surface area contributed by atoms with Crippen LogP contribution in [-0.4, -0.2) is 24.0 Å². The number of nitrogens with zero attached hydrogens (tertiary/aromatic N) is 1.